The van der Waals surface area contributed by atoms with E-state index in [1.165, 1.54) is 19.2 Å². The molecule has 2 aromatic rings. The van der Waals surface area contributed by atoms with E-state index in [1.54, 1.807) is 16.7 Å². The first kappa shape index (κ1) is 37.9. The molecule has 2 aliphatic carbocycles. The summed E-state index contributed by atoms with van der Waals surface area (Å²) < 4.78 is 23.2. The quantitative estimate of drug-likeness (QED) is 0.169. The van der Waals surface area contributed by atoms with Crippen LogP contribution in [-0.4, -0.2) is 90.9 Å². The number of hydrogen-bond acceptors (Lipinski definition) is 11. The van der Waals surface area contributed by atoms with E-state index in [-0.39, 0.29) is 31.9 Å². The number of anilines is 3. The van der Waals surface area contributed by atoms with Crippen LogP contribution in [0.15, 0.2) is 23.3 Å². The van der Waals surface area contributed by atoms with Crippen LogP contribution in [0.25, 0.3) is 0 Å². The summed E-state index contributed by atoms with van der Waals surface area (Å²) in [6, 6.07) is 3.44. The van der Waals surface area contributed by atoms with E-state index in [9.17, 15) is 14.4 Å². The normalized spacial score (nSPS) is 16.4. The van der Waals surface area contributed by atoms with Crippen LogP contribution in [0.5, 0.6) is 0 Å². The number of aryl methyl sites for hydroxylation is 1. The molecule has 14 heteroatoms. The number of pyridine rings is 1. The first-order valence-corrected chi connectivity index (χ1v) is 16.3. The van der Waals surface area contributed by atoms with E-state index >= 15 is 0 Å². The molecule has 4 N–H and O–H groups in total. The lowest BCUT2D eigenvalue weighted by Gasteiger charge is -2.39. The summed E-state index contributed by atoms with van der Waals surface area (Å²) >= 11 is 0. The summed E-state index contributed by atoms with van der Waals surface area (Å²) in [6.45, 7) is 9.42. The maximum Gasteiger partial charge on any atom is 0.305 e. The smallest absolute Gasteiger partial charge is 0.305 e. The summed E-state index contributed by atoms with van der Waals surface area (Å²) in [5.74, 6) is -0.0113. The Bertz CT molecular complexity index is 1370. The fraction of sp³-hybridized carbons (Fsp3) is 0.667. The number of nitrogens with zero attached hydrogens (tertiary/aromatic N) is 3. The standard InChI is InChI=1S/C30H42N6O8.C2H6.CH4/c1-21-18-22(28(40)36-26(21)27(39)35-30(36)7-5-29(3-4-29)6-8-30)34-24-19-23(32-20-33-24)31-9-11-42-13-15-44-17-16-43-14-12-41-10-2-25(37)38;1-2;/h18-20H,2-17H2,1H3,(H,35,39)(H,37,38)(H2,31,32,33,34);1-2H3;1H4. The second-order valence-corrected chi connectivity index (χ2v) is 11.6. The fourth-order valence-electron chi connectivity index (χ4n) is 5.90. The molecular weight excluding hydrogens is 608 g/mol. The number of fused-ring (bicyclic) bond motifs is 2. The van der Waals surface area contributed by atoms with E-state index in [4.69, 9.17) is 24.1 Å². The van der Waals surface area contributed by atoms with Gasteiger partial charge in [0.1, 0.15) is 35.0 Å². The highest BCUT2D eigenvalue weighted by atomic mass is 16.6. The van der Waals surface area contributed by atoms with Crippen LogP contribution >= 0.6 is 0 Å². The number of hydrogen-bond donors (Lipinski definition) is 4. The molecule has 14 nitrogen and oxygen atoms in total. The van der Waals surface area contributed by atoms with Gasteiger partial charge in [0, 0.05) is 12.6 Å². The van der Waals surface area contributed by atoms with Gasteiger partial charge in [-0.1, -0.05) is 21.3 Å². The van der Waals surface area contributed by atoms with Gasteiger partial charge in [0.05, 0.1) is 59.3 Å². The van der Waals surface area contributed by atoms with Crippen molar-refractivity contribution < 1.29 is 33.6 Å². The van der Waals surface area contributed by atoms with Crippen molar-refractivity contribution in [2.24, 2.45) is 5.41 Å². The zero-order valence-corrected chi connectivity index (χ0v) is 27.2. The van der Waals surface area contributed by atoms with Gasteiger partial charge in [-0.15, -0.1) is 0 Å². The van der Waals surface area contributed by atoms with Gasteiger partial charge < -0.3 is 40.0 Å². The highest BCUT2D eigenvalue weighted by Crippen LogP contribution is 2.59. The Morgan fingerprint density at radius 1 is 0.872 bits per heavy atom. The van der Waals surface area contributed by atoms with Crippen molar-refractivity contribution in [3.05, 3.63) is 40.1 Å². The molecule has 5 rings (SSSR count). The van der Waals surface area contributed by atoms with Crippen LogP contribution in [0.2, 0.25) is 0 Å². The largest absolute Gasteiger partial charge is 0.481 e. The molecule has 2 aromatic heterocycles. The third kappa shape index (κ3) is 10.2. The molecule has 0 bridgehead atoms. The number of ether oxygens (including phenoxy) is 4. The predicted octanol–water partition coefficient (Wildman–Crippen LogP) is 4.06. The van der Waals surface area contributed by atoms with Crippen LogP contribution in [0.1, 0.15) is 82.3 Å². The first-order chi connectivity index (χ1) is 22.3. The molecule has 3 aliphatic rings. The summed E-state index contributed by atoms with van der Waals surface area (Å²) in [7, 11) is 0. The molecule has 1 aliphatic heterocycles. The molecule has 0 aromatic carbocycles. The lowest BCUT2D eigenvalue weighted by atomic mass is 9.79. The summed E-state index contributed by atoms with van der Waals surface area (Å²) in [5, 5.41) is 18.0. The number of carbonyl (C=O) groups excluding carboxylic acids is 1. The van der Waals surface area contributed by atoms with Gasteiger partial charge in [-0.05, 0) is 62.5 Å². The molecule has 3 heterocycles. The van der Waals surface area contributed by atoms with Crippen LogP contribution in [-0.2, 0) is 29.4 Å². The van der Waals surface area contributed by atoms with Crippen molar-refractivity contribution in [3.8, 4) is 0 Å². The third-order valence-electron chi connectivity index (χ3n) is 8.53. The van der Waals surface area contributed by atoms with Gasteiger partial charge in [0.15, 0.2) is 0 Å². The highest BCUT2D eigenvalue weighted by Gasteiger charge is 2.54. The van der Waals surface area contributed by atoms with E-state index in [1.807, 2.05) is 20.8 Å². The Balaban J connectivity index is 0.00000196. The Morgan fingerprint density at radius 3 is 2.02 bits per heavy atom. The molecule has 0 saturated heterocycles. The van der Waals surface area contributed by atoms with Gasteiger partial charge in [-0.2, -0.15) is 0 Å². The average Bonchev–Trinajstić information content (AvgIpc) is 3.75. The zero-order chi connectivity index (χ0) is 33.0. The van der Waals surface area contributed by atoms with Crippen LogP contribution in [0.3, 0.4) is 0 Å². The average molecular weight is 661 g/mol. The molecule has 1 amide bonds. The van der Waals surface area contributed by atoms with Crippen LogP contribution in [0.4, 0.5) is 17.3 Å². The maximum absolute atomic E-state index is 13.7. The zero-order valence-electron chi connectivity index (χ0n) is 27.2. The van der Waals surface area contributed by atoms with Crippen LogP contribution < -0.4 is 21.5 Å². The maximum atomic E-state index is 13.7. The minimum Gasteiger partial charge on any atom is -0.481 e. The lowest BCUT2D eigenvalue weighted by Crippen LogP contribution is -2.50. The van der Waals surface area contributed by atoms with Gasteiger partial charge in [0.2, 0.25) is 0 Å². The number of aliphatic carboxylic acids is 1. The van der Waals surface area contributed by atoms with E-state index in [0.29, 0.717) is 81.2 Å². The Labute approximate surface area is 276 Å². The van der Waals surface area contributed by atoms with Crippen molar-refractivity contribution in [2.75, 3.05) is 70.0 Å². The Kier molecular flexibility index (Phi) is 14.6. The van der Waals surface area contributed by atoms with Gasteiger partial charge in [-0.3, -0.25) is 19.0 Å². The third-order valence-corrected chi connectivity index (χ3v) is 8.53. The second kappa shape index (κ2) is 18.1. The number of carboxylic acid groups (broad SMARTS) is 1. The SMILES string of the molecule is C.CC.Cc1cc(Nc2cc(NCCOCCOCCOCCOCCC(=O)O)ncn2)c(=O)n2c1C(=O)NC21CCC2(CC2)CC1. The number of amides is 1. The number of carbonyl (C=O) groups is 2. The highest BCUT2D eigenvalue weighted by molar-refractivity contribution is 5.97. The molecule has 0 radical (unpaired) electrons. The fourth-order valence-corrected chi connectivity index (χ4v) is 5.90. The van der Waals surface area contributed by atoms with Crippen molar-refractivity contribution in [2.45, 2.75) is 78.8 Å². The molecule has 2 spiro atoms. The van der Waals surface area contributed by atoms with E-state index in [0.717, 1.165) is 31.2 Å². The Morgan fingerprint density at radius 2 is 1.43 bits per heavy atom. The van der Waals surface area contributed by atoms with E-state index in [2.05, 4.69) is 25.9 Å². The number of carboxylic acids is 1. The molecule has 0 unspecified atom stereocenters. The first-order valence-electron chi connectivity index (χ1n) is 16.3. The second-order valence-electron chi connectivity index (χ2n) is 11.6. The predicted molar refractivity (Wildman–Crippen MR) is 178 cm³/mol. The minimum atomic E-state index is -0.884. The molecule has 0 atom stereocenters. The minimum absolute atomic E-state index is 0. The van der Waals surface area contributed by atoms with Crippen molar-refractivity contribution in [1.29, 1.82) is 0 Å². The summed E-state index contributed by atoms with van der Waals surface area (Å²) in [4.78, 5) is 45.6. The number of aromatic nitrogens is 3. The van der Waals surface area contributed by atoms with Gasteiger partial charge >= 0.3 is 5.97 Å². The molecule has 47 heavy (non-hydrogen) atoms. The summed E-state index contributed by atoms with van der Waals surface area (Å²) in [5.41, 5.74) is 1.11. The summed E-state index contributed by atoms with van der Waals surface area (Å²) in [6.07, 6.45) is 7.50. The Hall–Kier alpha value is -3.59. The van der Waals surface area contributed by atoms with Crippen molar-refractivity contribution >= 4 is 29.2 Å². The number of rotatable bonds is 18. The number of nitrogens with one attached hydrogen (secondary N) is 3. The lowest BCUT2D eigenvalue weighted by molar-refractivity contribution is -0.138. The monoisotopic (exact) mass is 660 g/mol. The van der Waals surface area contributed by atoms with Gasteiger partial charge in [-0.25, -0.2) is 9.97 Å². The molecule has 262 valence electrons. The van der Waals surface area contributed by atoms with Crippen molar-refractivity contribution in [1.82, 2.24) is 19.9 Å². The van der Waals surface area contributed by atoms with E-state index < -0.39 is 11.6 Å². The van der Waals surface area contributed by atoms with Gasteiger partial charge in [0.25, 0.3) is 11.5 Å². The topological polar surface area (TPSA) is 175 Å². The molecular formula is C33H52N6O8. The molecule has 2 fully saturated rings. The van der Waals surface area contributed by atoms with Crippen molar-refractivity contribution in [3.63, 3.8) is 0 Å². The molecule has 2 saturated carbocycles. The van der Waals surface area contributed by atoms with Crippen LogP contribution in [0, 0.1) is 12.3 Å².